The standard InChI is InChI=1S/C11H18N5O10P3/c12-10-9-11(14-5-13-10)16(6-15-9)8-3-1-2-7(8)4-24-28(20,21)26-29(22,23)25-27(17,18)19/h5-8H,1-4H2,(H,20,21)(H,22,23)(H2,12,13,14)(H2,17,18,19). The third-order valence-electron chi connectivity index (χ3n) is 4.23. The van der Waals surface area contributed by atoms with E-state index in [1.54, 1.807) is 4.57 Å². The molecule has 4 atom stereocenters. The monoisotopic (exact) mass is 473 g/mol. The molecule has 15 nitrogen and oxygen atoms in total. The molecule has 1 aliphatic carbocycles. The van der Waals surface area contributed by atoms with Gasteiger partial charge in [0.2, 0.25) is 0 Å². The fraction of sp³-hybridized carbons (Fsp3) is 0.545. The maximum atomic E-state index is 11.9. The molecular formula is C11H18N5O10P3. The van der Waals surface area contributed by atoms with Gasteiger partial charge < -0.3 is 29.9 Å². The molecule has 0 saturated heterocycles. The van der Waals surface area contributed by atoms with Gasteiger partial charge in [-0.3, -0.25) is 4.52 Å². The fourth-order valence-electron chi connectivity index (χ4n) is 3.18. The highest BCUT2D eigenvalue weighted by Crippen LogP contribution is 2.66. The number of rotatable bonds is 8. The van der Waals surface area contributed by atoms with E-state index in [4.69, 9.17) is 20.0 Å². The minimum Gasteiger partial charge on any atom is -0.382 e. The van der Waals surface area contributed by atoms with E-state index in [1.165, 1.54) is 12.7 Å². The summed E-state index contributed by atoms with van der Waals surface area (Å²) in [5, 5.41) is 0. The molecule has 29 heavy (non-hydrogen) atoms. The van der Waals surface area contributed by atoms with Crippen molar-refractivity contribution in [1.29, 1.82) is 0 Å². The van der Waals surface area contributed by atoms with Crippen LogP contribution < -0.4 is 5.73 Å². The number of anilines is 1. The molecule has 4 unspecified atom stereocenters. The van der Waals surface area contributed by atoms with Crippen LogP contribution in [0.15, 0.2) is 12.7 Å². The summed E-state index contributed by atoms with van der Waals surface area (Å²) in [6.45, 7) is -0.353. The van der Waals surface area contributed by atoms with Crippen LogP contribution in [0.5, 0.6) is 0 Å². The van der Waals surface area contributed by atoms with Gasteiger partial charge in [-0.2, -0.15) is 8.62 Å². The smallest absolute Gasteiger partial charge is 0.382 e. The molecule has 0 bridgehead atoms. The maximum Gasteiger partial charge on any atom is 0.490 e. The summed E-state index contributed by atoms with van der Waals surface area (Å²) in [5.41, 5.74) is 6.65. The number of phosphoric acid groups is 3. The summed E-state index contributed by atoms with van der Waals surface area (Å²) >= 11 is 0. The fourth-order valence-corrected chi connectivity index (χ4v) is 6.26. The number of nitrogen functional groups attached to an aromatic ring is 1. The van der Waals surface area contributed by atoms with Crippen LogP contribution in [0.25, 0.3) is 11.2 Å². The quantitative estimate of drug-likeness (QED) is 0.338. The first kappa shape index (κ1) is 22.4. The average molecular weight is 473 g/mol. The van der Waals surface area contributed by atoms with Gasteiger partial charge in [-0.25, -0.2) is 28.6 Å². The molecule has 0 spiro atoms. The van der Waals surface area contributed by atoms with E-state index in [1.807, 2.05) is 0 Å². The molecule has 6 N–H and O–H groups in total. The molecule has 18 heteroatoms. The Morgan fingerprint density at radius 1 is 1.07 bits per heavy atom. The van der Waals surface area contributed by atoms with Crippen LogP contribution in [0.2, 0.25) is 0 Å². The lowest BCUT2D eigenvalue weighted by molar-refractivity contribution is 0.143. The summed E-state index contributed by atoms with van der Waals surface area (Å²) in [6.07, 6.45) is 4.84. The topological polar surface area (TPSA) is 229 Å². The van der Waals surface area contributed by atoms with Crippen molar-refractivity contribution >= 4 is 40.4 Å². The molecule has 1 saturated carbocycles. The van der Waals surface area contributed by atoms with Gasteiger partial charge in [-0.1, -0.05) is 6.42 Å². The summed E-state index contributed by atoms with van der Waals surface area (Å²) in [6, 6.07) is -0.221. The van der Waals surface area contributed by atoms with Gasteiger partial charge in [-0.05, 0) is 12.8 Å². The van der Waals surface area contributed by atoms with Crippen molar-refractivity contribution in [1.82, 2.24) is 19.5 Å². The first-order chi connectivity index (χ1) is 13.4. The summed E-state index contributed by atoms with van der Waals surface area (Å²) in [7, 11) is -16.2. The van der Waals surface area contributed by atoms with Crippen molar-refractivity contribution in [3.8, 4) is 0 Å². The number of hydrogen-bond donors (Lipinski definition) is 5. The minimum atomic E-state index is -5.55. The third-order valence-corrected chi connectivity index (χ3v) is 8.03. The first-order valence-corrected chi connectivity index (χ1v) is 12.6. The molecule has 0 radical (unpaired) electrons. The highest BCUT2D eigenvalue weighted by Gasteiger charge is 2.41. The Labute approximate surface area is 163 Å². The second-order valence-corrected chi connectivity index (χ2v) is 10.6. The van der Waals surface area contributed by atoms with Gasteiger partial charge in [0.15, 0.2) is 11.5 Å². The van der Waals surface area contributed by atoms with Crippen molar-refractivity contribution in [2.24, 2.45) is 5.92 Å². The zero-order valence-electron chi connectivity index (χ0n) is 14.6. The van der Waals surface area contributed by atoms with Crippen molar-refractivity contribution in [2.45, 2.75) is 25.3 Å². The average Bonchev–Trinajstić information content (AvgIpc) is 3.16. The second-order valence-electron chi connectivity index (χ2n) is 6.23. The van der Waals surface area contributed by atoms with E-state index in [2.05, 4.69) is 23.6 Å². The Bertz CT molecular complexity index is 1040. The molecular weight excluding hydrogens is 455 g/mol. The molecule has 2 aromatic heterocycles. The number of nitrogens with zero attached hydrogens (tertiary/aromatic N) is 4. The predicted octanol–water partition coefficient (Wildman–Crippen LogP) is 1.09. The van der Waals surface area contributed by atoms with Crippen molar-refractivity contribution in [2.75, 3.05) is 12.3 Å². The molecule has 0 amide bonds. The first-order valence-electron chi connectivity index (χ1n) is 8.08. The number of aromatic nitrogens is 4. The number of phosphoric ester groups is 1. The Morgan fingerprint density at radius 3 is 2.48 bits per heavy atom. The van der Waals surface area contributed by atoms with Crippen LogP contribution in [0.4, 0.5) is 5.82 Å². The van der Waals surface area contributed by atoms with E-state index in [0.717, 1.165) is 6.42 Å². The van der Waals surface area contributed by atoms with Gasteiger partial charge in [-0.15, -0.1) is 0 Å². The number of nitrogens with two attached hydrogens (primary N) is 1. The second kappa shape index (κ2) is 8.12. The SMILES string of the molecule is Nc1ncnc2c1ncn2C1CCCC1COP(=O)(O)OP(=O)(O)OP(=O)(O)O. The van der Waals surface area contributed by atoms with E-state index in [-0.39, 0.29) is 24.4 Å². The van der Waals surface area contributed by atoms with Gasteiger partial charge >= 0.3 is 23.5 Å². The largest absolute Gasteiger partial charge is 0.490 e. The number of fused-ring (bicyclic) bond motifs is 1. The van der Waals surface area contributed by atoms with Crippen LogP contribution in [-0.2, 0) is 26.8 Å². The molecule has 1 aliphatic rings. The summed E-state index contributed by atoms with van der Waals surface area (Å²) in [5.74, 6) is -0.106. The van der Waals surface area contributed by atoms with Crippen LogP contribution in [0.1, 0.15) is 25.3 Å². The number of imidazole rings is 1. The lowest BCUT2D eigenvalue weighted by atomic mass is 10.1. The molecule has 0 aromatic carbocycles. The highest BCUT2D eigenvalue weighted by molar-refractivity contribution is 7.66. The van der Waals surface area contributed by atoms with Crippen molar-refractivity contribution < 1.29 is 46.4 Å². The van der Waals surface area contributed by atoms with Gasteiger partial charge in [0, 0.05) is 12.0 Å². The maximum absolute atomic E-state index is 11.9. The van der Waals surface area contributed by atoms with Crippen LogP contribution in [0.3, 0.4) is 0 Å². The van der Waals surface area contributed by atoms with Crippen LogP contribution >= 0.6 is 23.5 Å². The molecule has 0 aliphatic heterocycles. The van der Waals surface area contributed by atoms with E-state index < -0.39 is 23.5 Å². The Hall–Kier alpha value is -1.24. The third kappa shape index (κ3) is 5.68. The Balaban J connectivity index is 1.69. The van der Waals surface area contributed by atoms with Gasteiger partial charge in [0.05, 0.1) is 12.9 Å². The van der Waals surface area contributed by atoms with E-state index >= 15 is 0 Å². The van der Waals surface area contributed by atoms with Crippen molar-refractivity contribution in [3.05, 3.63) is 12.7 Å². The molecule has 162 valence electrons. The van der Waals surface area contributed by atoms with Crippen LogP contribution in [0, 0.1) is 5.92 Å². The number of hydrogen-bond acceptors (Lipinski definition) is 10. The van der Waals surface area contributed by atoms with Crippen molar-refractivity contribution in [3.63, 3.8) is 0 Å². The van der Waals surface area contributed by atoms with Crippen LogP contribution in [-0.4, -0.2) is 45.7 Å². The molecule has 2 heterocycles. The Kier molecular flexibility index (Phi) is 6.29. The van der Waals surface area contributed by atoms with Gasteiger partial charge in [0.1, 0.15) is 11.8 Å². The Morgan fingerprint density at radius 2 is 1.79 bits per heavy atom. The predicted molar refractivity (Wildman–Crippen MR) is 95.9 cm³/mol. The zero-order chi connectivity index (χ0) is 21.4. The molecule has 3 rings (SSSR count). The lowest BCUT2D eigenvalue weighted by Crippen LogP contribution is -2.18. The molecule has 1 fully saturated rings. The van der Waals surface area contributed by atoms with E-state index in [9.17, 15) is 23.5 Å². The zero-order valence-corrected chi connectivity index (χ0v) is 17.3. The minimum absolute atomic E-state index is 0.205. The summed E-state index contributed by atoms with van der Waals surface area (Å²) < 4.78 is 47.9. The summed E-state index contributed by atoms with van der Waals surface area (Å²) in [4.78, 5) is 48.1. The van der Waals surface area contributed by atoms with Gasteiger partial charge in [0.25, 0.3) is 0 Å². The highest BCUT2D eigenvalue weighted by atomic mass is 31.3. The molecule has 2 aromatic rings. The van der Waals surface area contributed by atoms with E-state index in [0.29, 0.717) is 24.0 Å². The lowest BCUT2D eigenvalue weighted by Gasteiger charge is -2.22. The normalized spacial score (nSPS) is 24.4.